The van der Waals surface area contributed by atoms with E-state index in [-0.39, 0.29) is 11.9 Å². The predicted octanol–water partition coefficient (Wildman–Crippen LogP) is 16.0. The maximum Gasteiger partial charge on any atom is 0.308 e. The second kappa shape index (κ2) is 40.6. The zero-order valence-corrected chi connectivity index (χ0v) is 32.5. The highest BCUT2D eigenvalue weighted by Crippen LogP contribution is 2.22. The van der Waals surface area contributed by atoms with Gasteiger partial charge < -0.3 is 4.74 Å². The summed E-state index contributed by atoms with van der Waals surface area (Å²) >= 11 is 0. The molecule has 0 fully saturated rings. The van der Waals surface area contributed by atoms with Gasteiger partial charge >= 0.3 is 5.97 Å². The summed E-state index contributed by atoms with van der Waals surface area (Å²) in [5.41, 5.74) is 0. The molecule has 0 unspecified atom stereocenters. The van der Waals surface area contributed by atoms with Gasteiger partial charge in [-0.2, -0.15) is 0 Å². The molecule has 0 aliphatic heterocycles. The van der Waals surface area contributed by atoms with Crippen LogP contribution in [-0.2, 0) is 9.53 Å². The lowest BCUT2D eigenvalue weighted by Gasteiger charge is -2.16. The van der Waals surface area contributed by atoms with Crippen molar-refractivity contribution in [2.75, 3.05) is 6.61 Å². The Morgan fingerprint density at radius 2 is 0.543 bits per heavy atom. The molecule has 2 heteroatoms. The number of hydrogen-bond donors (Lipinski definition) is 0. The van der Waals surface area contributed by atoms with Crippen LogP contribution in [0.1, 0.15) is 265 Å². The van der Waals surface area contributed by atoms with Crippen molar-refractivity contribution in [2.45, 2.75) is 265 Å². The topological polar surface area (TPSA) is 26.3 Å². The average molecular weight is 649 g/mol. The van der Waals surface area contributed by atoms with Crippen LogP contribution in [0, 0.1) is 5.92 Å². The number of rotatable bonds is 40. The molecule has 0 saturated heterocycles. The zero-order valence-electron chi connectivity index (χ0n) is 32.5. The van der Waals surface area contributed by atoms with E-state index >= 15 is 0 Å². The van der Waals surface area contributed by atoms with Crippen LogP contribution in [-0.4, -0.2) is 12.6 Å². The minimum Gasteiger partial charge on any atom is -0.465 e. The molecule has 0 spiro atoms. The first-order valence-electron chi connectivity index (χ1n) is 21.9. The molecule has 0 aliphatic rings. The van der Waals surface area contributed by atoms with E-state index in [1.165, 1.54) is 225 Å². The third kappa shape index (κ3) is 36.3. The highest BCUT2D eigenvalue weighted by molar-refractivity contribution is 5.72. The van der Waals surface area contributed by atoms with Gasteiger partial charge in [0, 0.05) is 0 Å². The fourth-order valence-corrected chi connectivity index (χ4v) is 7.08. The van der Waals surface area contributed by atoms with Crippen LogP contribution < -0.4 is 0 Å². The molecular weight excluding hydrogens is 560 g/mol. The van der Waals surface area contributed by atoms with Crippen molar-refractivity contribution in [1.82, 2.24) is 0 Å². The Hall–Kier alpha value is -0.530. The normalized spacial score (nSPS) is 11.6. The van der Waals surface area contributed by atoms with Crippen molar-refractivity contribution in [3.63, 3.8) is 0 Å². The summed E-state index contributed by atoms with van der Waals surface area (Å²) in [6.07, 6.45) is 51.3. The Kier molecular flexibility index (Phi) is 40.2. The molecule has 0 heterocycles. The molecule has 0 bridgehead atoms. The number of ether oxygens (including phenoxy) is 1. The lowest BCUT2D eigenvalue weighted by atomic mass is 9.94. The van der Waals surface area contributed by atoms with Crippen molar-refractivity contribution in [3.8, 4) is 0 Å². The standard InChI is InChI=1S/C44H88O2/c1-4-7-10-13-16-19-22-25-28-31-34-37-40-43(41-38-35-32-29-26-23-20-17-14-11-8-5-2)44(45)46-42-39-36-33-30-27-24-21-18-15-12-9-6-3/h43H,4-42H2,1-3H3. The molecule has 2 nitrogen and oxygen atoms in total. The van der Waals surface area contributed by atoms with Gasteiger partial charge in [0.25, 0.3) is 0 Å². The number of hydrogen-bond acceptors (Lipinski definition) is 2. The molecule has 0 N–H and O–H groups in total. The minimum atomic E-state index is 0.120. The molecule has 0 rings (SSSR count). The predicted molar refractivity (Wildman–Crippen MR) is 207 cm³/mol. The van der Waals surface area contributed by atoms with Crippen molar-refractivity contribution in [2.24, 2.45) is 5.92 Å². The van der Waals surface area contributed by atoms with Crippen molar-refractivity contribution >= 4 is 5.97 Å². The molecule has 0 aromatic carbocycles. The van der Waals surface area contributed by atoms with Crippen LogP contribution in [0.15, 0.2) is 0 Å². The second-order valence-corrected chi connectivity index (χ2v) is 15.1. The lowest BCUT2D eigenvalue weighted by Crippen LogP contribution is -2.18. The summed E-state index contributed by atoms with van der Waals surface area (Å²) in [5.74, 6) is 0.262. The van der Waals surface area contributed by atoms with E-state index < -0.39 is 0 Å². The van der Waals surface area contributed by atoms with Gasteiger partial charge in [-0.15, -0.1) is 0 Å². The molecule has 0 atom stereocenters. The Labute approximate surface area is 292 Å². The summed E-state index contributed by atoms with van der Waals surface area (Å²) in [5, 5.41) is 0. The quantitative estimate of drug-likeness (QED) is 0.0488. The Morgan fingerprint density at radius 3 is 0.804 bits per heavy atom. The summed E-state index contributed by atoms with van der Waals surface area (Å²) in [4.78, 5) is 13.1. The van der Waals surface area contributed by atoms with Crippen molar-refractivity contribution in [3.05, 3.63) is 0 Å². The van der Waals surface area contributed by atoms with Gasteiger partial charge in [0.15, 0.2) is 0 Å². The lowest BCUT2D eigenvalue weighted by molar-refractivity contribution is -0.149. The van der Waals surface area contributed by atoms with E-state index in [1.54, 1.807) is 0 Å². The van der Waals surface area contributed by atoms with Gasteiger partial charge in [-0.25, -0.2) is 0 Å². The zero-order chi connectivity index (χ0) is 33.4. The number of esters is 1. The monoisotopic (exact) mass is 649 g/mol. The maximum atomic E-state index is 13.1. The van der Waals surface area contributed by atoms with Gasteiger partial charge in [0.2, 0.25) is 0 Å². The summed E-state index contributed by atoms with van der Waals surface area (Å²) in [6, 6.07) is 0. The smallest absolute Gasteiger partial charge is 0.308 e. The number of carbonyl (C=O) groups excluding carboxylic acids is 1. The first-order valence-corrected chi connectivity index (χ1v) is 21.9. The van der Waals surface area contributed by atoms with E-state index in [0.717, 1.165) is 19.3 Å². The second-order valence-electron chi connectivity index (χ2n) is 15.1. The van der Waals surface area contributed by atoms with E-state index in [4.69, 9.17) is 4.74 Å². The Bertz CT molecular complexity index is 530. The molecule has 46 heavy (non-hydrogen) atoms. The van der Waals surface area contributed by atoms with Gasteiger partial charge in [0.1, 0.15) is 0 Å². The third-order valence-corrected chi connectivity index (χ3v) is 10.4. The van der Waals surface area contributed by atoms with Crippen LogP contribution >= 0.6 is 0 Å². The van der Waals surface area contributed by atoms with E-state index in [2.05, 4.69) is 20.8 Å². The van der Waals surface area contributed by atoms with Crippen LogP contribution in [0.25, 0.3) is 0 Å². The van der Waals surface area contributed by atoms with Crippen LogP contribution in [0.5, 0.6) is 0 Å². The largest absolute Gasteiger partial charge is 0.465 e. The molecule has 0 radical (unpaired) electrons. The highest BCUT2D eigenvalue weighted by Gasteiger charge is 2.19. The van der Waals surface area contributed by atoms with E-state index in [9.17, 15) is 4.79 Å². The molecule has 0 amide bonds. The summed E-state index contributed by atoms with van der Waals surface area (Å²) in [7, 11) is 0. The molecule has 0 saturated carbocycles. The van der Waals surface area contributed by atoms with Gasteiger partial charge in [0.05, 0.1) is 12.5 Å². The Morgan fingerprint density at radius 1 is 0.326 bits per heavy atom. The fourth-order valence-electron chi connectivity index (χ4n) is 7.08. The fraction of sp³-hybridized carbons (Fsp3) is 0.977. The summed E-state index contributed by atoms with van der Waals surface area (Å²) in [6.45, 7) is 7.53. The maximum absolute atomic E-state index is 13.1. The van der Waals surface area contributed by atoms with Gasteiger partial charge in [-0.3, -0.25) is 4.79 Å². The third-order valence-electron chi connectivity index (χ3n) is 10.4. The van der Waals surface area contributed by atoms with E-state index in [0.29, 0.717) is 6.61 Å². The SMILES string of the molecule is CCCCCCCCCCCCCCOC(=O)C(CCCCCCCCCCCCCC)CCCCCCCCCCCCCC. The first-order chi connectivity index (χ1) is 22.8. The van der Waals surface area contributed by atoms with Crippen molar-refractivity contribution < 1.29 is 9.53 Å². The first kappa shape index (κ1) is 45.5. The molecule has 0 aromatic heterocycles. The van der Waals surface area contributed by atoms with Gasteiger partial charge in [-0.05, 0) is 19.3 Å². The number of unbranched alkanes of at least 4 members (excludes halogenated alkanes) is 33. The Balaban J connectivity index is 4.06. The molecule has 0 aliphatic carbocycles. The minimum absolute atomic E-state index is 0.120. The molecular formula is C44H88O2. The van der Waals surface area contributed by atoms with E-state index in [1.807, 2.05) is 0 Å². The number of carbonyl (C=O) groups is 1. The van der Waals surface area contributed by atoms with Crippen molar-refractivity contribution in [1.29, 1.82) is 0 Å². The van der Waals surface area contributed by atoms with Crippen LogP contribution in [0.4, 0.5) is 0 Å². The molecule has 276 valence electrons. The average Bonchev–Trinajstić information content (AvgIpc) is 3.06. The van der Waals surface area contributed by atoms with Crippen LogP contribution in [0.3, 0.4) is 0 Å². The summed E-state index contributed by atoms with van der Waals surface area (Å²) < 4.78 is 5.87. The molecule has 0 aromatic rings. The van der Waals surface area contributed by atoms with Crippen LogP contribution in [0.2, 0.25) is 0 Å². The van der Waals surface area contributed by atoms with Gasteiger partial charge in [-0.1, -0.05) is 245 Å². The highest BCUT2D eigenvalue weighted by atomic mass is 16.5.